The lowest BCUT2D eigenvalue weighted by Crippen LogP contribution is -2.51. The molecule has 4 nitrogen and oxygen atoms in total. The number of halogens is 2. The Hall–Kier alpha value is -0.360. The number of hydrazine groups is 1. The summed E-state index contributed by atoms with van der Waals surface area (Å²) in [4.78, 5) is 0. The highest BCUT2D eigenvalue weighted by molar-refractivity contribution is 6.42. The van der Waals surface area contributed by atoms with Gasteiger partial charge in [-0.15, -0.1) is 0 Å². The highest BCUT2D eigenvalue weighted by Gasteiger charge is 2.41. The first-order valence-electron chi connectivity index (χ1n) is 6.76. The Morgan fingerprint density at radius 1 is 1.35 bits per heavy atom. The van der Waals surface area contributed by atoms with Gasteiger partial charge < -0.3 is 9.47 Å². The van der Waals surface area contributed by atoms with E-state index < -0.39 is 0 Å². The van der Waals surface area contributed by atoms with Gasteiger partial charge in [0.1, 0.15) is 0 Å². The number of nitrogens with two attached hydrogens (primary N) is 1. The molecule has 1 atom stereocenters. The maximum atomic E-state index is 6.11. The minimum atomic E-state index is -0.376. The van der Waals surface area contributed by atoms with Gasteiger partial charge in [0, 0.05) is 32.7 Å². The molecule has 1 unspecified atom stereocenters. The first-order valence-corrected chi connectivity index (χ1v) is 7.51. The minimum Gasteiger partial charge on any atom is -0.381 e. The topological polar surface area (TPSA) is 56.5 Å². The van der Waals surface area contributed by atoms with Crippen molar-refractivity contribution in [1.29, 1.82) is 0 Å². The number of rotatable bonds is 5. The van der Waals surface area contributed by atoms with Crippen LogP contribution in [0.3, 0.4) is 0 Å². The molecule has 2 rings (SSSR count). The van der Waals surface area contributed by atoms with Gasteiger partial charge in [-0.3, -0.25) is 11.3 Å². The molecule has 0 bridgehead atoms. The summed E-state index contributed by atoms with van der Waals surface area (Å²) in [6.45, 7) is 3.94. The van der Waals surface area contributed by atoms with E-state index in [2.05, 4.69) is 5.43 Å². The van der Waals surface area contributed by atoms with Gasteiger partial charge in [-0.2, -0.15) is 0 Å². The van der Waals surface area contributed by atoms with E-state index in [-0.39, 0.29) is 11.6 Å². The van der Waals surface area contributed by atoms with Gasteiger partial charge in [0.15, 0.2) is 0 Å². The molecule has 6 heteroatoms. The molecule has 0 radical (unpaired) electrons. The molecule has 0 aromatic heterocycles. The zero-order valence-electron chi connectivity index (χ0n) is 11.5. The minimum absolute atomic E-state index is 0.152. The third kappa shape index (κ3) is 3.27. The van der Waals surface area contributed by atoms with Crippen LogP contribution in [0.25, 0.3) is 0 Å². The second-order valence-corrected chi connectivity index (χ2v) is 5.70. The van der Waals surface area contributed by atoms with Crippen LogP contribution in [0.1, 0.15) is 31.4 Å². The van der Waals surface area contributed by atoms with Gasteiger partial charge in [-0.25, -0.2) is 0 Å². The average Bonchev–Trinajstić information content (AvgIpc) is 2.45. The van der Waals surface area contributed by atoms with Crippen LogP contribution in [-0.4, -0.2) is 25.4 Å². The number of benzene rings is 1. The molecule has 0 saturated carbocycles. The smallest absolute Gasteiger partial charge is 0.0932 e. The summed E-state index contributed by atoms with van der Waals surface area (Å²) in [6.07, 6.45) is 1.58. The fraction of sp³-hybridized carbons (Fsp3) is 0.571. The van der Waals surface area contributed by atoms with Crippen LogP contribution in [0.5, 0.6) is 0 Å². The first-order chi connectivity index (χ1) is 9.63. The van der Waals surface area contributed by atoms with E-state index in [0.29, 0.717) is 29.9 Å². The van der Waals surface area contributed by atoms with Crippen molar-refractivity contribution in [3.63, 3.8) is 0 Å². The van der Waals surface area contributed by atoms with E-state index in [1.54, 1.807) is 6.07 Å². The Balaban J connectivity index is 2.34. The van der Waals surface area contributed by atoms with E-state index in [1.165, 1.54) is 0 Å². The zero-order chi connectivity index (χ0) is 14.6. The van der Waals surface area contributed by atoms with Crippen molar-refractivity contribution in [2.24, 2.45) is 5.84 Å². The Bertz CT molecular complexity index is 445. The molecule has 112 valence electrons. The predicted octanol–water partition coefficient (Wildman–Crippen LogP) is 3.08. The molecule has 1 saturated heterocycles. The summed E-state index contributed by atoms with van der Waals surface area (Å²) in [7, 11) is 0. The molecule has 1 aromatic rings. The molecule has 0 amide bonds. The summed E-state index contributed by atoms with van der Waals surface area (Å²) in [5.41, 5.74) is 3.47. The average molecular weight is 319 g/mol. The van der Waals surface area contributed by atoms with Crippen LogP contribution >= 0.6 is 23.2 Å². The lowest BCUT2D eigenvalue weighted by molar-refractivity contribution is -0.128. The van der Waals surface area contributed by atoms with Gasteiger partial charge >= 0.3 is 0 Å². The maximum absolute atomic E-state index is 6.11. The van der Waals surface area contributed by atoms with Crippen LogP contribution in [0.4, 0.5) is 0 Å². The molecule has 1 aromatic carbocycles. The summed E-state index contributed by atoms with van der Waals surface area (Å²) < 4.78 is 11.5. The third-order valence-corrected chi connectivity index (χ3v) is 4.48. The summed E-state index contributed by atoms with van der Waals surface area (Å²) in [6, 6.07) is 5.39. The molecule has 3 N–H and O–H groups in total. The molecule has 20 heavy (non-hydrogen) atoms. The maximum Gasteiger partial charge on any atom is 0.0932 e. The van der Waals surface area contributed by atoms with Gasteiger partial charge in [0.25, 0.3) is 0 Å². The standard InChI is InChI=1S/C14H20Cl2N2O2/c1-2-20-14(5-7-19-8-6-14)13(18-17)10-3-4-11(15)12(16)9-10/h3-4,9,13,18H,2,5-8,17H2,1H3. The third-order valence-electron chi connectivity index (χ3n) is 3.74. The molecular weight excluding hydrogens is 299 g/mol. The predicted molar refractivity (Wildman–Crippen MR) is 80.9 cm³/mol. The summed E-state index contributed by atoms with van der Waals surface area (Å²) >= 11 is 12.1. The number of hydrogen-bond donors (Lipinski definition) is 2. The van der Waals surface area contributed by atoms with Crippen molar-refractivity contribution in [2.45, 2.75) is 31.4 Å². The highest BCUT2D eigenvalue weighted by Crippen LogP contribution is 2.38. The van der Waals surface area contributed by atoms with Crippen molar-refractivity contribution in [3.05, 3.63) is 33.8 Å². The van der Waals surface area contributed by atoms with Gasteiger partial charge in [0.2, 0.25) is 0 Å². The van der Waals surface area contributed by atoms with Crippen molar-refractivity contribution in [3.8, 4) is 0 Å². The molecular formula is C14H20Cl2N2O2. The quantitative estimate of drug-likeness (QED) is 0.647. The van der Waals surface area contributed by atoms with Crippen LogP contribution in [0.2, 0.25) is 10.0 Å². The Morgan fingerprint density at radius 2 is 2.05 bits per heavy atom. The molecule has 1 heterocycles. The van der Waals surface area contributed by atoms with Crippen molar-refractivity contribution in [1.82, 2.24) is 5.43 Å². The largest absolute Gasteiger partial charge is 0.381 e. The Kier molecular flexibility index (Phi) is 5.66. The Labute approximate surface area is 129 Å². The number of hydrogen-bond acceptors (Lipinski definition) is 4. The zero-order valence-corrected chi connectivity index (χ0v) is 13.0. The lowest BCUT2D eigenvalue weighted by Gasteiger charge is -2.43. The summed E-state index contributed by atoms with van der Waals surface area (Å²) in [5, 5.41) is 1.05. The molecule has 0 aliphatic carbocycles. The van der Waals surface area contributed by atoms with Gasteiger partial charge in [-0.05, 0) is 24.6 Å². The molecule has 0 spiro atoms. The van der Waals surface area contributed by atoms with E-state index in [4.69, 9.17) is 38.5 Å². The second kappa shape index (κ2) is 7.07. The monoisotopic (exact) mass is 318 g/mol. The van der Waals surface area contributed by atoms with Crippen molar-refractivity contribution < 1.29 is 9.47 Å². The van der Waals surface area contributed by atoms with Gasteiger partial charge in [-0.1, -0.05) is 29.3 Å². The first kappa shape index (κ1) is 16.0. The number of ether oxygens (including phenoxy) is 2. The van der Waals surface area contributed by atoms with Crippen molar-refractivity contribution >= 4 is 23.2 Å². The highest BCUT2D eigenvalue weighted by atomic mass is 35.5. The SMILES string of the molecule is CCOC1(C(NN)c2ccc(Cl)c(Cl)c2)CCOCC1. The number of nitrogens with one attached hydrogen (secondary N) is 1. The molecule has 1 aliphatic heterocycles. The van der Waals surface area contributed by atoms with E-state index in [1.807, 2.05) is 19.1 Å². The molecule has 1 aliphatic rings. The normalized spacial score (nSPS) is 19.8. The van der Waals surface area contributed by atoms with Crippen LogP contribution in [0, 0.1) is 0 Å². The van der Waals surface area contributed by atoms with Crippen LogP contribution < -0.4 is 11.3 Å². The van der Waals surface area contributed by atoms with Crippen LogP contribution in [0.15, 0.2) is 18.2 Å². The van der Waals surface area contributed by atoms with E-state index in [0.717, 1.165) is 18.4 Å². The lowest BCUT2D eigenvalue weighted by atomic mass is 9.82. The fourth-order valence-corrected chi connectivity index (χ4v) is 3.07. The van der Waals surface area contributed by atoms with Crippen molar-refractivity contribution in [2.75, 3.05) is 19.8 Å². The molecule has 1 fully saturated rings. The van der Waals surface area contributed by atoms with E-state index in [9.17, 15) is 0 Å². The van der Waals surface area contributed by atoms with Gasteiger partial charge in [0.05, 0.1) is 21.7 Å². The Morgan fingerprint density at radius 3 is 2.60 bits per heavy atom. The van der Waals surface area contributed by atoms with Crippen LogP contribution in [-0.2, 0) is 9.47 Å². The second-order valence-electron chi connectivity index (χ2n) is 4.88. The van der Waals surface area contributed by atoms with E-state index >= 15 is 0 Å². The fourth-order valence-electron chi connectivity index (χ4n) is 2.76. The summed E-state index contributed by atoms with van der Waals surface area (Å²) in [5.74, 6) is 5.79.